The molecule has 23 heavy (non-hydrogen) atoms. The van der Waals surface area contributed by atoms with Crippen LogP contribution in [0, 0.1) is 5.92 Å². The van der Waals surface area contributed by atoms with Crippen LogP contribution in [0.4, 0.5) is 5.69 Å². The maximum atomic E-state index is 12.2. The van der Waals surface area contributed by atoms with E-state index in [1.165, 1.54) is 12.8 Å². The highest BCUT2D eigenvalue weighted by Crippen LogP contribution is 2.28. The van der Waals surface area contributed by atoms with E-state index in [1.54, 1.807) is 0 Å². The van der Waals surface area contributed by atoms with Gasteiger partial charge in [0.25, 0.3) is 5.91 Å². The zero-order valence-electron chi connectivity index (χ0n) is 13.3. The molecule has 0 radical (unpaired) electrons. The Labute approximate surface area is 142 Å². The minimum Gasteiger partial charge on any atom is -0.396 e. The molecule has 0 bridgehead atoms. The van der Waals surface area contributed by atoms with E-state index in [0.717, 1.165) is 35.7 Å². The molecular weight excluding hydrogens is 312 g/mol. The molecule has 1 amide bonds. The van der Waals surface area contributed by atoms with E-state index in [0.29, 0.717) is 18.2 Å². The minimum absolute atomic E-state index is 0. The van der Waals surface area contributed by atoms with Crippen molar-refractivity contribution in [3.05, 3.63) is 29.5 Å². The number of hydrogen-bond donors (Lipinski definition) is 2. The van der Waals surface area contributed by atoms with Gasteiger partial charge in [-0.2, -0.15) is 0 Å². The Morgan fingerprint density at radius 3 is 2.83 bits per heavy atom. The van der Waals surface area contributed by atoms with Crippen LogP contribution in [0.3, 0.4) is 0 Å². The SMILES string of the molecule is CCCCc1cccc2c(N)c(C(=O)NCC3CC3)nnc12.Cl. The summed E-state index contributed by atoms with van der Waals surface area (Å²) < 4.78 is 0. The van der Waals surface area contributed by atoms with Gasteiger partial charge in [0.05, 0.1) is 11.2 Å². The Morgan fingerprint density at radius 2 is 2.13 bits per heavy atom. The zero-order valence-corrected chi connectivity index (χ0v) is 14.2. The van der Waals surface area contributed by atoms with Gasteiger partial charge in [-0.1, -0.05) is 31.5 Å². The number of halogens is 1. The van der Waals surface area contributed by atoms with Crippen molar-refractivity contribution < 1.29 is 4.79 Å². The molecule has 2 aromatic rings. The summed E-state index contributed by atoms with van der Waals surface area (Å²) >= 11 is 0. The first-order valence-corrected chi connectivity index (χ1v) is 8.02. The summed E-state index contributed by atoms with van der Waals surface area (Å²) in [7, 11) is 0. The summed E-state index contributed by atoms with van der Waals surface area (Å²) in [6.07, 6.45) is 5.57. The predicted molar refractivity (Wildman–Crippen MR) is 94.9 cm³/mol. The Bertz CT molecular complexity index is 700. The van der Waals surface area contributed by atoms with Crippen molar-refractivity contribution in [2.45, 2.75) is 39.0 Å². The van der Waals surface area contributed by atoms with Gasteiger partial charge >= 0.3 is 0 Å². The van der Waals surface area contributed by atoms with Crippen LogP contribution in [0.5, 0.6) is 0 Å². The largest absolute Gasteiger partial charge is 0.396 e. The van der Waals surface area contributed by atoms with Gasteiger partial charge in [0, 0.05) is 11.9 Å². The Hall–Kier alpha value is -1.88. The fourth-order valence-corrected chi connectivity index (χ4v) is 2.59. The van der Waals surface area contributed by atoms with Gasteiger partial charge in [0.1, 0.15) is 0 Å². The topological polar surface area (TPSA) is 80.9 Å². The predicted octanol–water partition coefficient (Wildman–Crippen LogP) is 3.12. The van der Waals surface area contributed by atoms with Crippen molar-refractivity contribution >= 4 is 34.9 Å². The highest BCUT2D eigenvalue weighted by Gasteiger charge is 2.23. The molecule has 0 aliphatic heterocycles. The summed E-state index contributed by atoms with van der Waals surface area (Å²) in [5, 5.41) is 12.1. The number of carbonyl (C=O) groups is 1. The molecule has 1 aromatic heterocycles. The second kappa shape index (κ2) is 7.59. The van der Waals surface area contributed by atoms with Gasteiger partial charge in [-0.15, -0.1) is 22.6 Å². The molecule has 0 saturated heterocycles. The summed E-state index contributed by atoms with van der Waals surface area (Å²) in [5.74, 6) is 0.400. The normalized spacial score (nSPS) is 13.6. The molecule has 5 nitrogen and oxygen atoms in total. The molecule has 0 unspecified atom stereocenters. The minimum atomic E-state index is -0.224. The fourth-order valence-electron chi connectivity index (χ4n) is 2.59. The Morgan fingerprint density at radius 1 is 1.35 bits per heavy atom. The van der Waals surface area contributed by atoms with Crippen molar-refractivity contribution in [1.29, 1.82) is 0 Å². The molecular formula is C17H23ClN4O. The second-order valence-corrected chi connectivity index (χ2v) is 6.03. The van der Waals surface area contributed by atoms with Crippen LogP contribution in [-0.4, -0.2) is 22.6 Å². The van der Waals surface area contributed by atoms with E-state index < -0.39 is 0 Å². The van der Waals surface area contributed by atoms with Crippen LogP contribution >= 0.6 is 12.4 Å². The number of amides is 1. The maximum absolute atomic E-state index is 12.2. The van der Waals surface area contributed by atoms with E-state index in [2.05, 4.69) is 28.5 Å². The molecule has 1 heterocycles. The summed E-state index contributed by atoms with van der Waals surface area (Å²) in [4.78, 5) is 12.2. The van der Waals surface area contributed by atoms with Crippen molar-refractivity contribution in [2.75, 3.05) is 12.3 Å². The highest BCUT2D eigenvalue weighted by molar-refractivity contribution is 6.04. The molecule has 6 heteroatoms. The quantitative estimate of drug-likeness (QED) is 0.850. The number of unbranched alkanes of at least 4 members (excludes halogenated alkanes) is 1. The molecule has 0 spiro atoms. The average Bonchev–Trinajstić information content (AvgIpc) is 3.35. The molecule has 1 saturated carbocycles. The van der Waals surface area contributed by atoms with Gasteiger partial charge in [0.15, 0.2) is 5.69 Å². The molecule has 124 valence electrons. The number of nitrogen functional groups attached to an aromatic ring is 1. The lowest BCUT2D eigenvalue weighted by molar-refractivity contribution is 0.0947. The number of nitrogens with two attached hydrogens (primary N) is 1. The highest BCUT2D eigenvalue weighted by atomic mass is 35.5. The average molecular weight is 335 g/mol. The number of fused-ring (bicyclic) bond motifs is 1. The number of hydrogen-bond acceptors (Lipinski definition) is 4. The summed E-state index contributed by atoms with van der Waals surface area (Å²) in [6.45, 7) is 2.86. The standard InChI is InChI=1S/C17H22N4O.ClH/c1-2-3-5-12-6-4-7-13-14(18)16(21-20-15(12)13)17(22)19-10-11-8-9-11;/h4,6-7,11H,2-3,5,8-10H2,1H3,(H2,18,20)(H,19,22);1H. The van der Waals surface area contributed by atoms with Crippen LogP contribution < -0.4 is 11.1 Å². The van der Waals surface area contributed by atoms with Crippen LogP contribution in [0.15, 0.2) is 18.2 Å². The monoisotopic (exact) mass is 334 g/mol. The summed E-state index contributed by atoms with van der Waals surface area (Å²) in [6, 6.07) is 5.93. The Kier molecular flexibility index (Phi) is 5.77. The van der Waals surface area contributed by atoms with E-state index in [4.69, 9.17) is 5.73 Å². The summed E-state index contributed by atoms with van der Waals surface area (Å²) in [5.41, 5.74) is 8.79. The molecule has 1 fully saturated rings. The first kappa shape index (κ1) is 17.5. The lowest BCUT2D eigenvalue weighted by atomic mass is 10.0. The molecule has 1 aliphatic rings. The van der Waals surface area contributed by atoms with Crippen LogP contribution in [0.1, 0.15) is 48.7 Å². The Balaban J connectivity index is 0.00000192. The van der Waals surface area contributed by atoms with Crippen molar-refractivity contribution in [1.82, 2.24) is 15.5 Å². The lowest BCUT2D eigenvalue weighted by Crippen LogP contribution is -2.27. The number of nitrogens with zero attached hydrogens (tertiary/aromatic N) is 2. The number of aryl methyl sites for hydroxylation is 1. The number of nitrogens with one attached hydrogen (secondary N) is 1. The van der Waals surface area contributed by atoms with Gasteiger partial charge in [-0.3, -0.25) is 4.79 Å². The fraction of sp³-hybridized carbons (Fsp3) is 0.471. The second-order valence-electron chi connectivity index (χ2n) is 6.03. The van der Waals surface area contributed by atoms with Gasteiger partial charge in [-0.05, 0) is 37.2 Å². The van der Waals surface area contributed by atoms with E-state index in [9.17, 15) is 4.79 Å². The molecule has 3 N–H and O–H groups in total. The first-order valence-electron chi connectivity index (χ1n) is 8.02. The van der Waals surface area contributed by atoms with E-state index >= 15 is 0 Å². The number of carbonyl (C=O) groups excluding carboxylic acids is 1. The number of aromatic nitrogens is 2. The molecule has 1 aromatic carbocycles. The molecule has 3 rings (SSSR count). The molecule has 0 atom stereocenters. The zero-order chi connectivity index (χ0) is 15.5. The van der Waals surface area contributed by atoms with Crippen molar-refractivity contribution in [2.24, 2.45) is 5.92 Å². The van der Waals surface area contributed by atoms with Crippen LogP contribution in [-0.2, 0) is 6.42 Å². The number of anilines is 1. The van der Waals surface area contributed by atoms with Crippen LogP contribution in [0.2, 0.25) is 0 Å². The van der Waals surface area contributed by atoms with Crippen LogP contribution in [0.25, 0.3) is 10.9 Å². The van der Waals surface area contributed by atoms with E-state index in [-0.39, 0.29) is 24.0 Å². The first-order chi connectivity index (χ1) is 10.7. The lowest BCUT2D eigenvalue weighted by Gasteiger charge is -2.10. The van der Waals surface area contributed by atoms with Gasteiger partial charge in [0.2, 0.25) is 0 Å². The third kappa shape index (κ3) is 3.91. The maximum Gasteiger partial charge on any atom is 0.273 e. The van der Waals surface area contributed by atoms with Gasteiger partial charge in [-0.25, -0.2) is 0 Å². The smallest absolute Gasteiger partial charge is 0.273 e. The number of benzene rings is 1. The van der Waals surface area contributed by atoms with Gasteiger partial charge < -0.3 is 11.1 Å². The third-order valence-electron chi connectivity index (χ3n) is 4.18. The van der Waals surface area contributed by atoms with E-state index in [1.807, 2.05) is 12.1 Å². The van der Waals surface area contributed by atoms with Crippen molar-refractivity contribution in [3.8, 4) is 0 Å². The van der Waals surface area contributed by atoms with Crippen molar-refractivity contribution in [3.63, 3.8) is 0 Å². The molecule has 1 aliphatic carbocycles. The third-order valence-corrected chi connectivity index (χ3v) is 4.18. The number of rotatable bonds is 6.